The lowest BCUT2D eigenvalue weighted by Crippen LogP contribution is -2.35. The molecule has 0 aliphatic rings. The summed E-state index contributed by atoms with van der Waals surface area (Å²) in [5.74, 6) is -4.35. The summed E-state index contributed by atoms with van der Waals surface area (Å²) in [4.78, 5) is 7.18. The number of nitrogens with two attached hydrogens (primary N) is 1. The maximum Gasteiger partial charge on any atom is 0.324 e. The van der Waals surface area contributed by atoms with E-state index in [-0.39, 0.29) is 16.4 Å². The van der Waals surface area contributed by atoms with E-state index in [1.54, 1.807) is 0 Å². The number of halogens is 5. The van der Waals surface area contributed by atoms with Crippen LogP contribution in [0.3, 0.4) is 0 Å². The Morgan fingerprint density at radius 3 is 2.56 bits per heavy atom. The van der Waals surface area contributed by atoms with Gasteiger partial charge in [-0.25, -0.2) is 13.8 Å². The molecule has 0 amide bonds. The Kier molecular flexibility index (Phi) is 3.89. The zero-order valence-corrected chi connectivity index (χ0v) is 9.31. The third-order valence-electron chi connectivity index (χ3n) is 1.52. The lowest BCUT2D eigenvalue weighted by molar-refractivity contribution is -0.117. The van der Waals surface area contributed by atoms with E-state index in [4.69, 9.17) is 5.73 Å². The van der Waals surface area contributed by atoms with Crippen LogP contribution in [0.1, 0.15) is 0 Å². The number of alkyl halides is 4. The third kappa shape index (κ3) is 3.47. The molecule has 1 heterocycles. The number of hydrogen-bond donors (Lipinski definition) is 2. The molecule has 0 saturated heterocycles. The average molecular weight is 303 g/mol. The molecule has 0 aliphatic heterocycles. The maximum absolute atomic E-state index is 12.5. The first-order valence-electron chi connectivity index (χ1n) is 4.01. The van der Waals surface area contributed by atoms with Gasteiger partial charge in [-0.1, -0.05) is 0 Å². The maximum atomic E-state index is 12.5. The van der Waals surface area contributed by atoms with Gasteiger partial charge in [0.05, 0.1) is 6.54 Å². The van der Waals surface area contributed by atoms with E-state index in [9.17, 15) is 17.6 Å². The highest BCUT2D eigenvalue weighted by Crippen LogP contribution is 2.23. The smallest absolute Gasteiger partial charge is 0.324 e. The molecule has 0 fully saturated rings. The molecule has 16 heavy (non-hydrogen) atoms. The molecule has 90 valence electrons. The summed E-state index contributed by atoms with van der Waals surface area (Å²) in [6, 6.07) is 1.34. The minimum atomic E-state index is -4.14. The Morgan fingerprint density at radius 1 is 1.44 bits per heavy atom. The molecule has 0 aliphatic carbocycles. The van der Waals surface area contributed by atoms with Gasteiger partial charge < -0.3 is 11.1 Å². The lowest BCUT2D eigenvalue weighted by Gasteiger charge is -2.15. The minimum absolute atomic E-state index is 0.0322. The summed E-state index contributed by atoms with van der Waals surface area (Å²) in [6.07, 6.45) is -3.75. The molecular weight excluding hydrogens is 296 g/mol. The standard InChI is InChI=1S/C7H7BrF4N4/c8-3-1-4(13)16-6(15-3)14-2-7(11,12)5(9)10/h1,5H,2H2,(H3,13,14,15,16). The largest absolute Gasteiger partial charge is 0.383 e. The van der Waals surface area contributed by atoms with Gasteiger partial charge in [0.25, 0.3) is 0 Å². The predicted molar refractivity (Wildman–Crippen MR) is 53.6 cm³/mol. The summed E-state index contributed by atoms with van der Waals surface area (Å²) in [5, 5.41) is 1.99. The Bertz CT molecular complexity index is 353. The Hall–Kier alpha value is -1.12. The van der Waals surface area contributed by atoms with Crippen LogP contribution in [0.5, 0.6) is 0 Å². The van der Waals surface area contributed by atoms with E-state index in [1.165, 1.54) is 6.07 Å². The molecule has 0 spiro atoms. The number of nitrogens with zero attached hydrogens (tertiary/aromatic N) is 2. The molecule has 0 aromatic carbocycles. The van der Waals surface area contributed by atoms with Crippen molar-refractivity contribution in [2.75, 3.05) is 17.6 Å². The summed E-state index contributed by atoms with van der Waals surface area (Å²) in [7, 11) is 0. The van der Waals surface area contributed by atoms with Crippen LogP contribution in [0.4, 0.5) is 29.3 Å². The van der Waals surface area contributed by atoms with Crippen LogP contribution in [-0.4, -0.2) is 28.9 Å². The van der Waals surface area contributed by atoms with E-state index in [1.807, 2.05) is 5.32 Å². The van der Waals surface area contributed by atoms with Crippen LogP contribution >= 0.6 is 15.9 Å². The van der Waals surface area contributed by atoms with Crippen molar-refractivity contribution in [3.63, 3.8) is 0 Å². The molecule has 0 saturated carbocycles. The summed E-state index contributed by atoms with van der Waals surface area (Å²) in [5.41, 5.74) is 5.30. The summed E-state index contributed by atoms with van der Waals surface area (Å²) >= 11 is 2.96. The van der Waals surface area contributed by atoms with Crippen molar-refractivity contribution >= 4 is 27.7 Å². The zero-order chi connectivity index (χ0) is 12.3. The number of rotatable bonds is 4. The fourth-order valence-corrected chi connectivity index (χ4v) is 1.19. The van der Waals surface area contributed by atoms with Crippen molar-refractivity contribution in [1.29, 1.82) is 0 Å². The Balaban J connectivity index is 2.68. The van der Waals surface area contributed by atoms with Gasteiger partial charge in [-0.05, 0) is 15.9 Å². The molecule has 0 atom stereocenters. The number of anilines is 2. The number of nitrogen functional groups attached to an aromatic ring is 1. The molecular formula is C7H7BrF4N4. The van der Waals surface area contributed by atoms with E-state index in [0.717, 1.165) is 0 Å². The summed E-state index contributed by atoms with van der Waals surface area (Å²) in [6.45, 7) is -1.26. The molecule has 4 nitrogen and oxygen atoms in total. The average Bonchev–Trinajstić information content (AvgIpc) is 2.13. The van der Waals surface area contributed by atoms with Crippen LogP contribution < -0.4 is 11.1 Å². The normalized spacial score (nSPS) is 11.9. The second-order valence-corrected chi connectivity index (χ2v) is 3.67. The highest BCUT2D eigenvalue weighted by molar-refractivity contribution is 9.10. The molecule has 0 unspecified atom stereocenters. The van der Waals surface area contributed by atoms with Crippen LogP contribution in [0.2, 0.25) is 0 Å². The van der Waals surface area contributed by atoms with E-state index in [0.29, 0.717) is 0 Å². The quantitative estimate of drug-likeness (QED) is 0.661. The number of nitrogens with one attached hydrogen (secondary N) is 1. The molecule has 1 rings (SSSR count). The van der Waals surface area contributed by atoms with Crippen molar-refractivity contribution < 1.29 is 17.6 Å². The van der Waals surface area contributed by atoms with E-state index in [2.05, 4.69) is 25.9 Å². The highest BCUT2D eigenvalue weighted by atomic mass is 79.9. The van der Waals surface area contributed by atoms with Crippen LogP contribution in [0, 0.1) is 0 Å². The van der Waals surface area contributed by atoms with Crippen molar-refractivity contribution in [1.82, 2.24) is 9.97 Å². The minimum Gasteiger partial charge on any atom is -0.383 e. The van der Waals surface area contributed by atoms with Crippen molar-refractivity contribution in [3.8, 4) is 0 Å². The van der Waals surface area contributed by atoms with Crippen molar-refractivity contribution in [3.05, 3.63) is 10.7 Å². The second-order valence-electron chi connectivity index (χ2n) is 2.85. The first kappa shape index (κ1) is 12.9. The van der Waals surface area contributed by atoms with Gasteiger partial charge in [-0.2, -0.15) is 13.8 Å². The monoisotopic (exact) mass is 302 g/mol. The molecule has 3 N–H and O–H groups in total. The summed E-state index contributed by atoms with van der Waals surface area (Å²) < 4.78 is 48.9. The van der Waals surface area contributed by atoms with Gasteiger partial charge in [0.2, 0.25) is 5.95 Å². The van der Waals surface area contributed by atoms with Gasteiger partial charge in [0, 0.05) is 6.07 Å². The second kappa shape index (κ2) is 4.81. The van der Waals surface area contributed by atoms with Gasteiger partial charge in [-0.15, -0.1) is 0 Å². The topological polar surface area (TPSA) is 63.8 Å². The zero-order valence-electron chi connectivity index (χ0n) is 7.72. The number of aromatic nitrogens is 2. The molecule has 1 aromatic heterocycles. The third-order valence-corrected chi connectivity index (χ3v) is 1.92. The lowest BCUT2D eigenvalue weighted by atomic mass is 10.3. The highest BCUT2D eigenvalue weighted by Gasteiger charge is 2.40. The van der Waals surface area contributed by atoms with Crippen molar-refractivity contribution in [2.24, 2.45) is 0 Å². The predicted octanol–water partition coefficient (Wildman–Crippen LogP) is 2.13. The van der Waals surface area contributed by atoms with Gasteiger partial charge in [0.15, 0.2) is 0 Å². The number of hydrogen-bond acceptors (Lipinski definition) is 4. The molecule has 1 aromatic rings. The fourth-order valence-electron chi connectivity index (χ4n) is 0.788. The van der Waals surface area contributed by atoms with Gasteiger partial charge in [-0.3, -0.25) is 0 Å². The molecule has 0 bridgehead atoms. The SMILES string of the molecule is Nc1cc(Br)nc(NCC(F)(F)C(F)F)n1. The van der Waals surface area contributed by atoms with E-state index >= 15 is 0 Å². The Morgan fingerprint density at radius 2 is 2.06 bits per heavy atom. The van der Waals surface area contributed by atoms with Gasteiger partial charge in [0.1, 0.15) is 10.4 Å². The first-order chi connectivity index (χ1) is 7.31. The van der Waals surface area contributed by atoms with Crippen LogP contribution in [0.25, 0.3) is 0 Å². The molecule has 0 radical (unpaired) electrons. The Labute approximate surface area is 96.4 Å². The van der Waals surface area contributed by atoms with Crippen LogP contribution in [-0.2, 0) is 0 Å². The van der Waals surface area contributed by atoms with Gasteiger partial charge >= 0.3 is 12.3 Å². The first-order valence-corrected chi connectivity index (χ1v) is 4.80. The van der Waals surface area contributed by atoms with Crippen LogP contribution in [0.15, 0.2) is 10.7 Å². The fraction of sp³-hybridized carbons (Fsp3) is 0.429. The van der Waals surface area contributed by atoms with Crippen molar-refractivity contribution in [2.45, 2.75) is 12.3 Å². The molecule has 9 heteroatoms. The van der Waals surface area contributed by atoms with E-state index < -0.39 is 18.9 Å².